The van der Waals surface area contributed by atoms with E-state index in [4.69, 9.17) is 4.74 Å². The maximum absolute atomic E-state index is 13.1. The number of benzene rings is 1. The molecule has 1 N–H and O–H groups in total. The van der Waals surface area contributed by atoms with Crippen LogP contribution in [0.3, 0.4) is 0 Å². The lowest BCUT2D eigenvalue weighted by atomic mass is 10.0. The van der Waals surface area contributed by atoms with Crippen molar-refractivity contribution in [2.75, 3.05) is 6.61 Å². The number of pyridine rings is 1. The molecule has 1 aliphatic carbocycles. The van der Waals surface area contributed by atoms with Crippen molar-refractivity contribution < 1.29 is 4.74 Å². The van der Waals surface area contributed by atoms with E-state index in [-0.39, 0.29) is 5.43 Å². The van der Waals surface area contributed by atoms with Crippen molar-refractivity contribution in [3.8, 4) is 16.2 Å². The van der Waals surface area contributed by atoms with E-state index in [2.05, 4.69) is 18.0 Å². The van der Waals surface area contributed by atoms with Crippen molar-refractivity contribution in [1.82, 2.24) is 4.98 Å². The maximum Gasteiger partial charge on any atom is 0.198 e. The van der Waals surface area contributed by atoms with Gasteiger partial charge in [-0.1, -0.05) is 13.0 Å². The normalized spacial score (nSPS) is 13.4. The lowest BCUT2D eigenvalue weighted by Crippen LogP contribution is -2.10. The van der Waals surface area contributed by atoms with E-state index in [0.717, 1.165) is 52.8 Å². The second-order valence-corrected chi connectivity index (χ2v) is 6.92. The van der Waals surface area contributed by atoms with Crippen LogP contribution >= 0.6 is 11.3 Å². The Balaban J connectivity index is 2.00. The van der Waals surface area contributed by atoms with Gasteiger partial charge in [-0.05, 0) is 54.3 Å². The quantitative estimate of drug-likeness (QED) is 0.765. The lowest BCUT2D eigenvalue weighted by molar-refractivity contribution is 0.320. The highest BCUT2D eigenvalue weighted by molar-refractivity contribution is 7.13. The largest absolute Gasteiger partial charge is 0.491 e. The summed E-state index contributed by atoms with van der Waals surface area (Å²) in [6.45, 7) is 2.76. The molecule has 0 spiro atoms. The molecule has 2 aromatic heterocycles. The molecule has 2 heterocycles. The number of thiophene rings is 1. The average Bonchev–Trinajstić information content (AvgIpc) is 3.23. The first kappa shape index (κ1) is 14.5. The molecule has 4 rings (SSSR count). The highest BCUT2D eigenvalue weighted by atomic mass is 32.1. The molecule has 0 bridgehead atoms. The number of hydrogen-bond acceptors (Lipinski definition) is 3. The number of ether oxygens (including phenoxy) is 1. The van der Waals surface area contributed by atoms with E-state index in [0.29, 0.717) is 6.61 Å². The first-order chi connectivity index (χ1) is 11.3. The molecule has 0 radical (unpaired) electrons. The van der Waals surface area contributed by atoms with Crippen molar-refractivity contribution in [2.45, 2.75) is 32.6 Å². The Morgan fingerprint density at radius 2 is 2.26 bits per heavy atom. The lowest BCUT2D eigenvalue weighted by Gasteiger charge is -2.13. The summed E-state index contributed by atoms with van der Waals surface area (Å²) in [5.41, 5.74) is 4.22. The third-order valence-corrected chi connectivity index (χ3v) is 5.35. The van der Waals surface area contributed by atoms with Gasteiger partial charge in [0.05, 0.1) is 23.1 Å². The Kier molecular flexibility index (Phi) is 3.69. The summed E-state index contributed by atoms with van der Waals surface area (Å²) in [6.07, 6.45) is 5.92. The molecule has 0 saturated carbocycles. The fraction of sp³-hybridized carbons (Fsp3) is 0.316. The summed E-state index contributed by atoms with van der Waals surface area (Å²) < 4.78 is 5.91. The Bertz CT molecular complexity index is 909. The molecule has 0 aliphatic heterocycles. The monoisotopic (exact) mass is 325 g/mol. The Labute approximate surface area is 138 Å². The van der Waals surface area contributed by atoms with Crippen LogP contribution in [0.1, 0.15) is 30.9 Å². The zero-order valence-electron chi connectivity index (χ0n) is 13.1. The highest BCUT2D eigenvalue weighted by Crippen LogP contribution is 2.35. The number of hydrogen-bond donors (Lipinski definition) is 1. The van der Waals surface area contributed by atoms with Crippen LogP contribution in [-0.2, 0) is 12.8 Å². The standard InChI is InChI=1S/C19H19NO2S/c1-2-8-22-15-10-12-5-3-6-13(12)17-18(15)20-11-14(19(17)21)16-7-4-9-23-16/h4,7,9-11H,2-3,5-6,8H2,1H3,(H,20,21). The second kappa shape index (κ2) is 5.85. The highest BCUT2D eigenvalue weighted by Gasteiger charge is 2.21. The number of nitrogens with one attached hydrogen (secondary N) is 1. The number of aromatic amines is 1. The molecule has 0 saturated heterocycles. The van der Waals surface area contributed by atoms with E-state index >= 15 is 0 Å². The third kappa shape index (κ3) is 2.38. The minimum Gasteiger partial charge on any atom is -0.491 e. The van der Waals surface area contributed by atoms with Gasteiger partial charge in [-0.25, -0.2) is 0 Å². The number of aromatic nitrogens is 1. The zero-order valence-corrected chi connectivity index (χ0v) is 14.0. The summed E-state index contributed by atoms with van der Waals surface area (Å²) >= 11 is 1.60. The van der Waals surface area contributed by atoms with Gasteiger partial charge in [0.2, 0.25) is 0 Å². The van der Waals surface area contributed by atoms with Gasteiger partial charge in [0, 0.05) is 11.1 Å². The molecule has 118 valence electrons. The molecule has 4 heteroatoms. The molecule has 1 aromatic carbocycles. The molecular weight excluding hydrogens is 306 g/mol. The van der Waals surface area contributed by atoms with Crippen LogP contribution in [0, 0.1) is 0 Å². The van der Waals surface area contributed by atoms with Gasteiger partial charge in [-0.15, -0.1) is 11.3 Å². The Morgan fingerprint density at radius 1 is 1.35 bits per heavy atom. The molecule has 0 atom stereocenters. The predicted octanol–water partition coefficient (Wildman–Crippen LogP) is 4.53. The summed E-state index contributed by atoms with van der Waals surface area (Å²) in [5.74, 6) is 0.817. The predicted molar refractivity (Wildman–Crippen MR) is 95.7 cm³/mol. The molecule has 0 amide bonds. The van der Waals surface area contributed by atoms with Crippen LogP contribution in [0.15, 0.2) is 34.6 Å². The van der Waals surface area contributed by atoms with Gasteiger partial charge in [0.1, 0.15) is 5.75 Å². The van der Waals surface area contributed by atoms with E-state index in [1.54, 1.807) is 11.3 Å². The molecule has 1 aliphatic rings. The summed E-state index contributed by atoms with van der Waals surface area (Å²) in [4.78, 5) is 17.5. The van der Waals surface area contributed by atoms with E-state index < -0.39 is 0 Å². The van der Waals surface area contributed by atoms with Gasteiger partial charge in [0.15, 0.2) is 5.43 Å². The SMILES string of the molecule is CCCOc1cc2c(c3c(=O)c(-c4cccs4)c[nH]c13)CCC2. The van der Waals surface area contributed by atoms with E-state index in [1.165, 1.54) is 11.1 Å². The summed E-state index contributed by atoms with van der Waals surface area (Å²) in [5, 5.41) is 2.83. The summed E-state index contributed by atoms with van der Waals surface area (Å²) in [7, 11) is 0. The zero-order chi connectivity index (χ0) is 15.8. The molecular formula is C19H19NO2S. The van der Waals surface area contributed by atoms with Crippen molar-refractivity contribution in [3.63, 3.8) is 0 Å². The van der Waals surface area contributed by atoms with E-state index in [9.17, 15) is 4.79 Å². The molecule has 3 aromatic rings. The van der Waals surface area contributed by atoms with Gasteiger partial charge in [-0.3, -0.25) is 4.79 Å². The van der Waals surface area contributed by atoms with Crippen LogP contribution in [0.25, 0.3) is 21.3 Å². The maximum atomic E-state index is 13.1. The third-order valence-electron chi connectivity index (χ3n) is 4.44. The minimum atomic E-state index is 0.126. The van der Waals surface area contributed by atoms with Crippen LogP contribution in [0.4, 0.5) is 0 Å². The number of aryl methyl sites for hydroxylation is 2. The average molecular weight is 325 g/mol. The topological polar surface area (TPSA) is 42.1 Å². The Morgan fingerprint density at radius 3 is 3.04 bits per heavy atom. The second-order valence-electron chi connectivity index (χ2n) is 5.97. The first-order valence-corrected chi connectivity index (χ1v) is 9.04. The van der Waals surface area contributed by atoms with Crippen molar-refractivity contribution in [3.05, 3.63) is 51.1 Å². The van der Waals surface area contributed by atoms with Crippen LogP contribution in [0.2, 0.25) is 0 Å². The van der Waals surface area contributed by atoms with Crippen LogP contribution < -0.4 is 10.2 Å². The molecule has 0 unspecified atom stereocenters. The van der Waals surface area contributed by atoms with Crippen molar-refractivity contribution in [2.24, 2.45) is 0 Å². The van der Waals surface area contributed by atoms with Gasteiger partial charge < -0.3 is 9.72 Å². The Hall–Kier alpha value is -2.07. The van der Waals surface area contributed by atoms with Crippen molar-refractivity contribution >= 4 is 22.2 Å². The minimum absolute atomic E-state index is 0.126. The molecule has 3 nitrogen and oxygen atoms in total. The van der Waals surface area contributed by atoms with Crippen LogP contribution in [-0.4, -0.2) is 11.6 Å². The van der Waals surface area contributed by atoms with E-state index in [1.807, 2.05) is 23.7 Å². The first-order valence-electron chi connectivity index (χ1n) is 8.16. The van der Waals surface area contributed by atoms with Crippen molar-refractivity contribution in [1.29, 1.82) is 0 Å². The molecule has 23 heavy (non-hydrogen) atoms. The van der Waals surface area contributed by atoms with Gasteiger partial charge in [-0.2, -0.15) is 0 Å². The fourth-order valence-electron chi connectivity index (χ4n) is 3.40. The van der Waals surface area contributed by atoms with Crippen LogP contribution in [0.5, 0.6) is 5.75 Å². The number of fused-ring (bicyclic) bond motifs is 3. The molecule has 0 fully saturated rings. The van der Waals surface area contributed by atoms with Gasteiger partial charge >= 0.3 is 0 Å². The number of rotatable bonds is 4. The smallest absolute Gasteiger partial charge is 0.198 e. The number of H-pyrrole nitrogens is 1. The summed E-state index contributed by atoms with van der Waals surface area (Å²) in [6, 6.07) is 6.11. The van der Waals surface area contributed by atoms with Gasteiger partial charge in [0.25, 0.3) is 0 Å². The fourth-order valence-corrected chi connectivity index (χ4v) is 4.13.